The Morgan fingerprint density at radius 1 is 1.15 bits per heavy atom. The molecule has 1 atom stereocenters. The predicted molar refractivity (Wildman–Crippen MR) is 104 cm³/mol. The smallest absolute Gasteiger partial charge is 0.222 e. The fraction of sp³-hybridized carbons (Fsp3) is 0.350. The van der Waals surface area contributed by atoms with Gasteiger partial charge in [0, 0.05) is 56.6 Å². The van der Waals surface area contributed by atoms with Crippen LogP contribution >= 0.6 is 0 Å². The van der Waals surface area contributed by atoms with E-state index in [4.69, 9.17) is 4.74 Å². The van der Waals surface area contributed by atoms with Gasteiger partial charge in [-0.1, -0.05) is 18.2 Å². The first-order valence-corrected chi connectivity index (χ1v) is 9.32. The maximum absolute atomic E-state index is 5.60. The Hall–Kier alpha value is -2.77. The van der Waals surface area contributed by atoms with Gasteiger partial charge >= 0.3 is 0 Å². The molecule has 1 aliphatic heterocycles. The molecule has 1 saturated heterocycles. The van der Waals surface area contributed by atoms with Crippen molar-refractivity contribution < 1.29 is 4.74 Å². The standard InChI is InChI=1S/C20H24N6O/c1-2-6-19(26-8-7-21-15-26)17(4-1)13-22-10-16-11-23-20(24-12-16)25-14-18-5-3-9-27-18/h1-2,4,6-8,11-12,15,18,22H,3,5,9-10,13-14H2,(H,23,24,25). The fourth-order valence-corrected chi connectivity index (χ4v) is 3.20. The lowest BCUT2D eigenvalue weighted by Crippen LogP contribution is -2.20. The third-order valence-electron chi connectivity index (χ3n) is 4.64. The molecule has 7 heteroatoms. The summed E-state index contributed by atoms with van der Waals surface area (Å²) in [7, 11) is 0. The predicted octanol–water partition coefficient (Wildman–Crippen LogP) is 2.54. The number of anilines is 1. The molecule has 27 heavy (non-hydrogen) atoms. The topological polar surface area (TPSA) is 76.9 Å². The van der Waals surface area contributed by atoms with Gasteiger partial charge in [-0.3, -0.25) is 0 Å². The maximum Gasteiger partial charge on any atom is 0.222 e. The molecule has 0 spiro atoms. The summed E-state index contributed by atoms with van der Waals surface area (Å²) in [6.07, 6.45) is 11.8. The van der Waals surface area contributed by atoms with Crippen LogP contribution in [0.5, 0.6) is 0 Å². The Kier molecular flexibility index (Phi) is 5.71. The second kappa shape index (κ2) is 8.75. The Bertz CT molecular complexity index is 828. The summed E-state index contributed by atoms with van der Waals surface area (Å²) in [4.78, 5) is 12.9. The molecule has 0 aliphatic carbocycles. The molecule has 2 N–H and O–H groups in total. The van der Waals surface area contributed by atoms with Gasteiger partial charge in [0.05, 0.1) is 18.1 Å². The fourth-order valence-electron chi connectivity index (χ4n) is 3.20. The van der Waals surface area contributed by atoms with Crippen molar-refractivity contribution in [1.82, 2.24) is 24.8 Å². The van der Waals surface area contributed by atoms with Gasteiger partial charge in [-0.15, -0.1) is 0 Å². The quantitative estimate of drug-likeness (QED) is 0.640. The summed E-state index contributed by atoms with van der Waals surface area (Å²) in [5.41, 5.74) is 3.40. The molecule has 4 rings (SSSR count). The van der Waals surface area contributed by atoms with Crippen molar-refractivity contribution in [2.24, 2.45) is 0 Å². The number of para-hydroxylation sites is 1. The first kappa shape index (κ1) is 17.6. The van der Waals surface area contributed by atoms with Crippen LogP contribution < -0.4 is 10.6 Å². The molecule has 1 fully saturated rings. The minimum absolute atomic E-state index is 0.283. The minimum Gasteiger partial charge on any atom is -0.376 e. The molecule has 140 valence electrons. The number of imidazole rings is 1. The van der Waals surface area contributed by atoms with Crippen molar-refractivity contribution >= 4 is 5.95 Å². The molecule has 3 heterocycles. The molecule has 1 unspecified atom stereocenters. The molecular weight excluding hydrogens is 340 g/mol. The lowest BCUT2D eigenvalue weighted by atomic mass is 10.1. The van der Waals surface area contributed by atoms with Crippen molar-refractivity contribution in [2.75, 3.05) is 18.5 Å². The molecule has 0 radical (unpaired) electrons. The van der Waals surface area contributed by atoms with Gasteiger partial charge in [0.1, 0.15) is 0 Å². The zero-order valence-electron chi connectivity index (χ0n) is 15.2. The van der Waals surface area contributed by atoms with Crippen molar-refractivity contribution in [1.29, 1.82) is 0 Å². The summed E-state index contributed by atoms with van der Waals surface area (Å²) in [5.74, 6) is 0.653. The maximum atomic E-state index is 5.60. The number of rotatable bonds is 8. The molecule has 2 aromatic heterocycles. The number of nitrogens with one attached hydrogen (secondary N) is 2. The molecular formula is C20H24N6O. The molecule has 1 aromatic carbocycles. The van der Waals surface area contributed by atoms with Crippen LogP contribution in [0.3, 0.4) is 0 Å². The van der Waals surface area contributed by atoms with Crippen LogP contribution in [0.2, 0.25) is 0 Å². The highest BCUT2D eigenvalue weighted by Gasteiger charge is 2.15. The van der Waals surface area contributed by atoms with E-state index in [9.17, 15) is 0 Å². The van der Waals surface area contributed by atoms with E-state index in [-0.39, 0.29) is 6.10 Å². The van der Waals surface area contributed by atoms with E-state index in [1.165, 1.54) is 5.56 Å². The average Bonchev–Trinajstić information content (AvgIpc) is 3.42. The van der Waals surface area contributed by atoms with E-state index in [1.54, 1.807) is 6.20 Å². The summed E-state index contributed by atoms with van der Waals surface area (Å²) in [6, 6.07) is 8.30. The molecule has 0 amide bonds. The van der Waals surface area contributed by atoms with Crippen molar-refractivity contribution in [3.05, 3.63) is 66.5 Å². The highest BCUT2D eigenvalue weighted by molar-refractivity contribution is 5.40. The number of benzene rings is 1. The molecule has 0 bridgehead atoms. The molecule has 1 aliphatic rings. The van der Waals surface area contributed by atoms with E-state index in [2.05, 4.69) is 43.8 Å². The largest absolute Gasteiger partial charge is 0.376 e. The van der Waals surface area contributed by atoms with Crippen molar-refractivity contribution in [3.63, 3.8) is 0 Å². The Morgan fingerprint density at radius 2 is 2.04 bits per heavy atom. The van der Waals surface area contributed by atoms with Crippen LogP contribution in [0.15, 0.2) is 55.4 Å². The highest BCUT2D eigenvalue weighted by Crippen LogP contribution is 2.14. The molecule has 3 aromatic rings. The second-order valence-electron chi connectivity index (χ2n) is 6.63. The SMILES string of the molecule is c1ccc(-n2ccnc2)c(CNCc2cnc(NCC3CCCO3)nc2)c1. The van der Waals surface area contributed by atoms with Crippen molar-refractivity contribution in [3.8, 4) is 5.69 Å². The van der Waals surface area contributed by atoms with Crippen molar-refractivity contribution in [2.45, 2.75) is 32.0 Å². The van der Waals surface area contributed by atoms with Crippen LogP contribution in [-0.4, -0.2) is 38.8 Å². The lowest BCUT2D eigenvalue weighted by molar-refractivity contribution is 0.120. The third kappa shape index (κ3) is 4.69. The summed E-state index contributed by atoms with van der Waals surface area (Å²) in [5, 5.41) is 6.70. The van der Waals surface area contributed by atoms with Crippen LogP contribution in [0.4, 0.5) is 5.95 Å². The van der Waals surface area contributed by atoms with E-state index in [1.807, 2.05) is 35.6 Å². The summed E-state index contributed by atoms with van der Waals surface area (Å²) >= 11 is 0. The second-order valence-corrected chi connectivity index (χ2v) is 6.63. The zero-order valence-corrected chi connectivity index (χ0v) is 15.2. The van der Waals surface area contributed by atoms with Gasteiger partial charge in [0.15, 0.2) is 0 Å². The van der Waals surface area contributed by atoms with Gasteiger partial charge in [0.25, 0.3) is 0 Å². The minimum atomic E-state index is 0.283. The van der Waals surface area contributed by atoms with Gasteiger partial charge in [-0.25, -0.2) is 15.0 Å². The Balaban J connectivity index is 1.28. The average molecular weight is 364 g/mol. The van der Waals surface area contributed by atoms with E-state index < -0.39 is 0 Å². The highest BCUT2D eigenvalue weighted by atomic mass is 16.5. The molecule has 0 saturated carbocycles. The summed E-state index contributed by atoms with van der Waals surface area (Å²) < 4.78 is 7.62. The first-order valence-electron chi connectivity index (χ1n) is 9.32. The monoisotopic (exact) mass is 364 g/mol. The van der Waals surface area contributed by atoms with Gasteiger partial charge < -0.3 is 19.9 Å². The van der Waals surface area contributed by atoms with Gasteiger partial charge in [0.2, 0.25) is 5.95 Å². The lowest BCUT2D eigenvalue weighted by Gasteiger charge is -2.12. The normalized spacial score (nSPS) is 16.5. The number of hydrogen-bond acceptors (Lipinski definition) is 6. The Labute approximate surface area is 158 Å². The van der Waals surface area contributed by atoms with Crippen LogP contribution in [-0.2, 0) is 17.8 Å². The van der Waals surface area contributed by atoms with Crippen LogP contribution in [0, 0.1) is 0 Å². The van der Waals surface area contributed by atoms with E-state index in [0.29, 0.717) is 12.5 Å². The summed E-state index contributed by atoms with van der Waals surface area (Å²) in [6.45, 7) is 3.10. The van der Waals surface area contributed by atoms with Crippen LogP contribution in [0.1, 0.15) is 24.0 Å². The van der Waals surface area contributed by atoms with E-state index >= 15 is 0 Å². The van der Waals surface area contributed by atoms with E-state index in [0.717, 1.165) is 43.8 Å². The van der Waals surface area contributed by atoms with Gasteiger partial charge in [-0.05, 0) is 24.5 Å². The molecule has 7 nitrogen and oxygen atoms in total. The first-order chi connectivity index (χ1) is 13.4. The zero-order chi connectivity index (χ0) is 18.3. The van der Waals surface area contributed by atoms with Crippen LogP contribution in [0.25, 0.3) is 5.69 Å². The third-order valence-corrected chi connectivity index (χ3v) is 4.64. The number of nitrogens with zero attached hydrogens (tertiary/aromatic N) is 4. The number of ether oxygens (including phenoxy) is 1. The number of hydrogen-bond donors (Lipinski definition) is 2. The van der Waals surface area contributed by atoms with Gasteiger partial charge in [-0.2, -0.15) is 0 Å². The Morgan fingerprint density at radius 3 is 2.81 bits per heavy atom. The number of aromatic nitrogens is 4.